The number of carbonyl (C=O) groups excluding carboxylic acids is 2. The lowest BCUT2D eigenvalue weighted by atomic mass is 10.0. The summed E-state index contributed by atoms with van der Waals surface area (Å²) in [6.45, 7) is 7.77. The van der Waals surface area contributed by atoms with Gasteiger partial charge in [0.2, 0.25) is 11.8 Å². The maximum absolute atomic E-state index is 13.3. The molecule has 0 aliphatic rings. The Morgan fingerprint density at radius 1 is 1.10 bits per heavy atom. The molecule has 0 aliphatic heterocycles. The minimum Gasteiger partial charge on any atom is -0.350 e. The number of nitrogens with one attached hydrogen (secondary N) is 1. The van der Waals surface area contributed by atoms with Crippen LogP contribution in [0.2, 0.25) is 5.02 Å². The van der Waals surface area contributed by atoms with Gasteiger partial charge in [-0.25, -0.2) is 4.39 Å². The molecule has 2 rings (SSSR count). The fourth-order valence-corrected chi connectivity index (χ4v) is 3.27. The second kappa shape index (κ2) is 9.88. The van der Waals surface area contributed by atoms with Gasteiger partial charge in [0.05, 0.1) is 6.42 Å². The third kappa shape index (κ3) is 6.86. The number of amides is 2. The van der Waals surface area contributed by atoms with E-state index in [1.165, 1.54) is 12.1 Å². The Kier molecular flexibility index (Phi) is 7.80. The van der Waals surface area contributed by atoms with Crippen molar-refractivity contribution < 1.29 is 14.0 Å². The molecule has 6 heteroatoms. The van der Waals surface area contributed by atoms with Gasteiger partial charge < -0.3 is 10.2 Å². The first-order valence-electron chi connectivity index (χ1n) is 9.70. The zero-order chi connectivity index (χ0) is 21.6. The van der Waals surface area contributed by atoms with Gasteiger partial charge in [-0.15, -0.1) is 0 Å². The van der Waals surface area contributed by atoms with E-state index in [0.717, 1.165) is 5.56 Å². The van der Waals surface area contributed by atoms with Crippen LogP contribution in [0.5, 0.6) is 0 Å². The Balaban J connectivity index is 2.32. The van der Waals surface area contributed by atoms with E-state index in [0.29, 0.717) is 17.0 Å². The Bertz CT molecular complexity index is 847. The first kappa shape index (κ1) is 22.9. The quantitative estimate of drug-likeness (QED) is 0.705. The summed E-state index contributed by atoms with van der Waals surface area (Å²) in [6, 6.07) is 12.5. The molecule has 2 amide bonds. The van der Waals surface area contributed by atoms with Gasteiger partial charge in [0.25, 0.3) is 0 Å². The lowest BCUT2D eigenvalue weighted by Gasteiger charge is -2.33. The first-order chi connectivity index (χ1) is 13.6. The van der Waals surface area contributed by atoms with Gasteiger partial charge in [-0.05, 0) is 56.5 Å². The van der Waals surface area contributed by atoms with E-state index in [1.807, 2.05) is 33.8 Å². The van der Waals surface area contributed by atoms with Crippen molar-refractivity contribution >= 4 is 23.4 Å². The van der Waals surface area contributed by atoms with Crippen LogP contribution in [-0.2, 0) is 22.6 Å². The van der Waals surface area contributed by atoms with E-state index in [4.69, 9.17) is 11.6 Å². The second-order valence-electron chi connectivity index (χ2n) is 8.08. The monoisotopic (exact) mass is 418 g/mol. The van der Waals surface area contributed by atoms with Crippen molar-refractivity contribution in [3.8, 4) is 0 Å². The van der Waals surface area contributed by atoms with Crippen LogP contribution >= 0.6 is 11.6 Å². The van der Waals surface area contributed by atoms with Crippen molar-refractivity contribution in [1.82, 2.24) is 10.2 Å². The number of halogens is 2. The van der Waals surface area contributed by atoms with Crippen molar-refractivity contribution in [2.75, 3.05) is 0 Å². The molecule has 0 heterocycles. The number of hydrogen-bond donors (Lipinski definition) is 1. The number of hydrogen-bond acceptors (Lipinski definition) is 2. The van der Waals surface area contributed by atoms with Gasteiger partial charge in [0, 0.05) is 17.1 Å². The van der Waals surface area contributed by atoms with Crippen LogP contribution in [0.4, 0.5) is 4.39 Å². The fraction of sp³-hybridized carbons (Fsp3) is 0.391. The van der Waals surface area contributed by atoms with Gasteiger partial charge in [-0.1, -0.05) is 48.9 Å². The smallest absolute Gasteiger partial charge is 0.243 e. The molecule has 0 unspecified atom stereocenters. The molecule has 4 nitrogen and oxygen atoms in total. The number of carbonyl (C=O) groups is 2. The maximum Gasteiger partial charge on any atom is 0.243 e. The Morgan fingerprint density at radius 2 is 1.72 bits per heavy atom. The predicted octanol–water partition coefficient (Wildman–Crippen LogP) is 4.74. The molecule has 0 radical (unpaired) electrons. The normalized spacial score (nSPS) is 12.3. The summed E-state index contributed by atoms with van der Waals surface area (Å²) in [5.41, 5.74) is 1.04. The molecule has 29 heavy (non-hydrogen) atoms. The van der Waals surface area contributed by atoms with Gasteiger partial charge in [0.15, 0.2) is 0 Å². The van der Waals surface area contributed by atoms with E-state index in [9.17, 15) is 14.0 Å². The van der Waals surface area contributed by atoms with Crippen molar-refractivity contribution in [3.63, 3.8) is 0 Å². The number of rotatable bonds is 7. The Morgan fingerprint density at radius 3 is 2.28 bits per heavy atom. The van der Waals surface area contributed by atoms with Crippen LogP contribution in [0.3, 0.4) is 0 Å². The van der Waals surface area contributed by atoms with Crippen LogP contribution in [0, 0.1) is 5.82 Å². The van der Waals surface area contributed by atoms with Crippen LogP contribution in [0.25, 0.3) is 0 Å². The van der Waals surface area contributed by atoms with E-state index in [2.05, 4.69) is 5.32 Å². The van der Waals surface area contributed by atoms with Gasteiger partial charge in [-0.2, -0.15) is 0 Å². The molecule has 0 fully saturated rings. The molecular formula is C23H28ClFN2O2. The van der Waals surface area contributed by atoms with E-state index in [-0.39, 0.29) is 30.6 Å². The fourth-order valence-electron chi connectivity index (χ4n) is 3.07. The summed E-state index contributed by atoms with van der Waals surface area (Å²) in [5.74, 6) is -0.770. The van der Waals surface area contributed by atoms with Crippen LogP contribution in [0.15, 0.2) is 48.5 Å². The lowest BCUT2D eigenvalue weighted by molar-refractivity contribution is -0.141. The summed E-state index contributed by atoms with van der Waals surface area (Å²) >= 11 is 6.22. The molecule has 0 saturated carbocycles. The summed E-state index contributed by atoms with van der Waals surface area (Å²) in [7, 11) is 0. The largest absolute Gasteiger partial charge is 0.350 e. The summed E-state index contributed by atoms with van der Waals surface area (Å²) in [6.07, 6.45) is 0.539. The van der Waals surface area contributed by atoms with Crippen molar-refractivity contribution in [2.45, 2.75) is 58.7 Å². The minimum atomic E-state index is -0.644. The Labute approximate surface area is 177 Å². The SMILES string of the molecule is CC[C@@H](C(=O)NC(C)(C)C)N(Cc1ccc(F)cc1)C(=O)Cc1ccccc1Cl. The van der Waals surface area contributed by atoms with Crippen LogP contribution in [-0.4, -0.2) is 28.3 Å². The molecule has 0 aliphatic carbocycles. The highest BCUT2D eigenvalue weighted by Gasteiger charge is 2.30. The standard InChI is InChI=1S/C23H28ClFN2O2/c1-5-20(22(29)26-23(2,3)4)27(15-16-10-12-18(25)13-11-16)21(28)14-17-8-6-7-9-19(17)24/h6-13,20H,5,14-15H2,1-4H3,(H,26,29)/t20-/m0/s1. The molecule has 1 N–H and O–H groups in total. The topological polar surface area (TPSA) is 49.4 Å². The molecule has 0 bridgehead atoms. The van der Waals surface area contributed by atoms with Gasteiger partial charge in [0.1, 0.15) is 11.9 Å². The zero-order valence-electron chi connectivity index (χ0n) is 17.3. The summed E-state index contributed by atoms with van der Waals surface area (Å²) < 4.78 is 13.3. The average molecular weight is 419 g/mol. The molecule has 0 spiro atoms. The molecular weight excluding hydrogens is 391 g/mol. The van der Waals surface area contributed by atoms with Crippen LogP contribution in [0.1, 0.15) is 45.2 Å². The molecule has 2 aromatic rings. The lowest BCUT2D eigenvalue weighted by Crippen LogP contribution is -2.53. The average Bonchev–Trinajstić information content (AvgIpc) is 2.63. The van der Waals surface area contributed by atoms with Crippen LogP contribution < -0.4 is 5.32 Å². The maximum atomic E-state index is 13.3. The first-order valence-corrected chi connectivity index (χ1v) is 10.1. The highest BCUT2D eigenvalue weighted by atomic mass is 35.5. The van der Waals surface area contributed by atoms with E-state index >= 15 is 0 Å². The number of nitrogens with zero attached hydrogens (tertiary/aromatic N) is 1. The van der Waals surface area contributed by atoms with Crippen molar-refractivity contribution in [1.29, 1.82) is 0 Å². The highest BCUT2D eigenvalue weighted by Crippen LogP contribution is 2.20. The molecule has 156 valence electrons. The van der Waals surface area contributed by atoms with E-state index < -0.39 is 11.6 Å². The second-order valence-corrected chi connectivity index (χ2v) is 8.49. The van der Waals surface area contributed by atoms with Gasteiger partial charge >= 0.3 is 0 Å². The van der Waals surface area contributed by atoms with Gasteiger partial charge in [-0.3, -0.25) is 9.59 Å². The predicted molar refractivity (Wildman–Crippen MR) is 114 cm³/mol. The molecule has 0 saturated heterocycles. The summed E-state index contributed by atoms with van der Waals surface area (Å²) in [4.78, 5) is 27.7. The highest BCUT2D eigenvalue weighted by molar-refractivity contribution is 6.31. The summed E-state index contributed by atoms with van der Waals surface area (Å²) in [5, 5.41) is 3.47. The molecule has 0 aromatic heterocycles. The third-order valence-corrected chi connectivity index (χ3v) is 4.82. The van der Waals surface area contributed by atoms with E-state index in [1.54, 1.807) is 35.2 Å². The minimum absolute atomic E-state index is 0.0835. The number of benzene rings is 2. The van der Waals surface area contributed by atoms with Crippen molar-refractivity contribution in [3.05, 3.63) is 70.5 Å². The van der Waals surface area contributed by atoms with Crippen molar-refractivity contribution in [2.24, 2.45) is 0 Å². The third-order valence-electron chi connectivity index (χ3n) is 4.45. The molecule has 2 aromatic carbocycles. The Hall–Kier alpha value is -2.40. The zero-order valence-corrected chi connectivity index (χ0v) is 18.1. The molecule has 1 atom stereocenters.